The third kappa shape index (κ3) is 1.42. The molecule has 0 unspecified atom stereocenters. The molecule has 3 nitrogen and oxygen atoms in total. The van der Waals surface area contributed by atoms with E-state index in [0.717, 1.165) is 11.1 Å². The van der Waals surface area contributed by atoms with E-state index in [2.05, 4.69) is 0 Å². The first-order valence-corrected chi connectivity index (χ1v) is 4.27. The fraction of sp³-hybridized carbons (Fsp3) is 0.300. The van der Waals surface area contributed by atoms with E-state index in [0.29, 0.717) is 18.8 Å². The van der Waals surface area contributed by atoms with Crippen molar-refractivity contribution in [3.05, 3.63) is 29.3 Å². The summed E-state index contributed by atoms with van der Waals surface area (Å²) < 4.78 is 0. The van der Waals surface area contributed by atoms with Crippen molar-refractivity contribution in [2.75, 3.05) is 0 Å². The van der Waals surface area contributed by atoms with E-state index in [1.54, 1.807) is 12.1 Å². The van der Waals surface area contributed by atoms with E-state index in [4.69, 9.17) is 9.78 Å². The van der Waals surface area contributed by atoms with E-state index < -0.39 is 0 Å². The van der Waals surface area contributed by atoms with E-state index in [9.17, 15) is 4.79 Å². The summed E-state index contributed by atoms with van der Waals surface area (Å²) in [5.74, 6) is 0.863. The maximum atomic E-state index is 11.3. The van der Waals surface area contributed by atoms with E-state index in [1.165, 1.54) is 0 Å². The molecule has 0 spiro atoms. The molecule has 68 valence electrons. The molecule has 2 rings (SSSR count). The highest BCUT2D eigenvalue weighted by Crippen LogP contribution is 2.26. The zero-order valence-electron chi connectivity index (χ0n) is 7.37. The molecule has 0 bridgehead atoms. The maximum Gasteiger partial charge on any atom is 0.171 e. The van der Waals surface area contributed by atoms with Crippen molar-refractivity contribution in [3.63, 3.8) is 0 Å². The summed E-state index contributed by atoms with van der Waals surface area (Å²) in [6.07, 6.45) is 0.528. The van der Waals surface area contributed by atoms with Gasteiger partial charge < -0.3 is 4.89 Å². The molecule has 0 saturated carbocycles. The Balaban J connectivity index is 2.36. The number of hydrogen-bond donors (Lipinski definition) is 0. The fourth-order valence-corrected chi connectivity index (χ4v) is 1.31. The zero-order valence-corrected chi connectivity index (χ0v) is 7.37. The number of carbonyl (C=O) groups excluding carboxylic acids is 1. The van der Waals surface area contributed by atoms with Gasteiger partial charge in [-0.15, -0.1) is 0 Å². The summed E-state index contributed by atoms with van der Waals surface area (Å²) in [4.78, 5) is 21.0. The molecule has 0 N–H and O–H groups in total. The van der Waals surface area contributed by atoms with Crippen LogP contribution in [-0.2, 0) is 11.5 Å². The first kappa shape index (κ1) is 8.26. The Labute approximate surface area is 76.2 Å². The first-order chi connectivity index (χ1) is 6.31. The molecule has 0 aliphatic carbocycles. The minimum absolute atomic E-state index is 0.148. The van der Waals surface area contributed by atoms with Crippen molar-refractivity contribution in [1.82, 2.24) is 0 Å². The van der Waals surface area contributed by atoms with Crippen LogP contribution in [0.25, 0.3) is 0 Å². The lowest BCUT2D eigenvalue weighted by atomic mass is 10.1. The number of Topliss-reactive ketones (excluding diaryl/α,β-unsaturated/α-hetero) is 1. The number of hydrogen-bond acceptors (Lipinski definition) is 3. The van der Waals surface area contributed by atoms with Gasteiger partial charge in [-0.3, -0.25) is 4.79 Å². The largest absolute Gasteiger partial charge is 0.337 e. The molecule has 13 heavy (non-hydrogen) atoms. The Morgan fingerprint density at radius 1 is 1.54 bits per heavy atom. The van der Waals surface area contributed by atoms with Gasteiger partial charge in [0.15, 0.2) is 11.5 Å². The Bertz CT molecular complexity index is 344. The van der Waals surface area contributed by atoms with Crippen molar-refractivity contribution in [2.45, 2.75) is 20.0 Å². The van der Waals surface area contributed by atoms with Crippen molar-refractivity contribution in [2.24, 2.45) is 0 Å². The average Bonchev–Trinajstić information content (AvgIpc) is 2.63. The Hall–Kier alpha value is -1.35. The highest BCUT2D eigenvalue weighted by atomic mass is 17.2. The Morgan fingerprint density at radius 3 is 3.15 bits per heavy atom. The van der Waals surface area contributed by atoms with Gasteiger partial charge in [0.05, 0.1) is 0 Å². The molecule has 0 fully saturated rings. The summed E-state index contributed by atoms with van der Waals surface area (Å²) in [5, 5.41) is 0. The van der Waals surface area contributed by atoms with Crippen LogP contribution in [0.4, 0.5) is 0 Å². The molecule has 0 saturated heterocycles. The summed E-state index contributed by atoms with van der Waals surface area (Å²) in [5.41, 5.74) is 1.68. The van der Waals surface area contributed by atoms with Gasteiger partial charge in [-0.2, -0.15) is 4.89 Å². The van der Waals surface area contributed by atoms with Crippen LogP contribution in [0.2, 0.25) is 0 Å². The number of fused-ring (bicyclic) bond motifs is 1. The highest BCUT2D eigenvalue weighted by molar-refractivity contribution is 5.96. The van der Waals surface area contributed by atoms with Gasteiger partial charge in [0, 0.05) is 17.5 Å². The first-order valence-electron chi connectivity index (χ1n) is 4.27. The summed E-state index contributed by atoms with van der Waals surface area (Å²) >= 11 is 0. The van der Waals surface area contributed by atoms with Gasteiger partial charge in [0.2, 0.25) is 0 Å². The SMILES string of the molecule is CCC(=O)c1ccc2c(c1)COO2. The Kier molecular flexibility index (Phi) is 2.02. The summed E-state index contributed by atoms with van der Waals surface area (Å²) in [6, 6.07) is 5.36. The third-order valence-electron chi connectivity index (χ3n) is 2.07. The summed E-state index contributed by atoms with van der Waals surface area (Å²) in [7, 11) is 0. The molecule has 0 radical (unpaired) electrons. The smallest absolute Gasteiger partial charge is 0.171 e. The van der Waals surface area contributed by atoms with Crippen LogP contribution in [0.3, 0.4) is 0 Å². The van der Waals surface area contributed by atoms with Crippen molar-refractivity contribution in [3.8, 4) is 5.75 Å². The molecular formula is C10H10O3. The van der Waals surface area contributed by atoms with E-state index >= 15 is 0 Å². The van der Waals surface area contributed by atoms with Crippen molar-refractivity contribution >= 4 is 5.78 Å². The van der Waals surface area contributed by atoms with Crippen LogP contribution >= 0.6 is 0 Å². The molecule has 0 atom stereocenters. The Morgan fingerprint density at radius 2 is 2.38 bits per heavy atom. The maximum absolute atomic E-state index is 11.3. The molecule has 1 aliphatic rings. The second-order valence-corrected chi connectivity index (χ2v) is 2.94. The highest BCUT2D eigenvalue weighted by Gasteiger charge is 2.15. The topological polar surface area (TPSA) is 35.5 Å². The van der Waals surface area contributed by atoms with Crippen LogP contribution in [-0.4, -0.2) is 5.78 Å². The van der Waals surface area contributed by atoms with Crippen LogP contribution in [0.1, 0.15) is 29.3 Å². The standard InChI is InChI=1S/C10H10O3/c1-2-9(11)7-3-4-10-8(5-7)6-12-13-10/h3-5H,2,6H2,1H3. The fourth-order valence-electron chi connectivity index (χ4n) is 1.31. The minimum atomic E-state index is 0.148. The molecule has 3 heteroatoms. The van der Waals surface area contributed by atoms with Gasteiger partial charge in [-0.25, -0.2) is 0 Å². The lowest BCUT2D eigenvalue weighted by Crippen LogP contribution is -1.96. The van der Waals surface area contributed by atoms with Crippen molar-refractivity contribution < 1.29 is 14.6 Å². The zero-order chi connectivity index (χ0) is 9.26. The second kappa shape index (κ2) is 3.18. The van der Waals surface area contributed by atoms with Gasteiger partial charge in [-0.1, -0.05) is 6.92 Å². The lowest BCUT2D eigenvalue weighted by Gasteiger charge is -1.98. The van der Waals surface area contributed by atoms with Gasteiger partial charge in [0.25, 0.3) is 0 Å². The van der Waals surface area contributed by atoms with Crippen LogP contribution in [0, 0.1) is 0 Å². The van der Waals surface area contributed by atoms with Crippen molar-refractivity contribution in [1.29, 1.82) is 0 Å². The molecule has 1 aromatic rings. The number of ketones is 1. The second-order valence-electron chi connectivity index (χ2n) is 2.94. The number of carbonyl (C=O) groups is 1. The molecule has 0 aromatic heterocycles. The van der Waals surface area contributed by atoms with Crippen LogP contribution < -0.4 is 4.89 Å². The molecule has 1 aliphatic heterocycles. The van der Waals surface area contributed by atoms with E-state index in [-0.39, 0.29) is 5.78 Å². The summed E-state index contributed by atoms with van der Waals surface area (Å²) in [6.45, 7) is 2.28. The third-order valence-corrected chi connectivity index (χ3v) is 2.07. The van der Waals surface area contributed by atoms with Crippen LogP contribution in [0.15, 0.2) is 18.2 Å². The lowest BCUT2D eigenvalue weighted by molar-refractivity contribution is -0.194. The number of benzene rings is 1. The molecule has 0 amide bonds. The normalized spacial score (nSPS) is 13.6. The van der Waals surface area contributed by atoms with E-state index in [1.807, 2.05) is 13.0 Å². The average molecular weight is 178 g/mol. The van der Waals surface area contributed by atoms with Crippen LogP contribution in [0.5, 0.6) is 5.75 Å². The minimum Gasteiger partial charge on any atom is -0.337 e. The quantitative estimate of drug-likeness (QED) is 0.514. The molecular weight excluding hydrogens is 168 g/mol. The van der Waals surface area contributed by atoms with Gasteiger partial charge in [-0.05, 0) is 18.2 Å². The predicted molar refractivity (Wildman–Crippen MR) is 46.5 cm³/mol. The molecule has 1 heterocycles. The van der Waals surface area contributed by atoms with Gasteiger partial charge in [0.1, 0.15) is 6.61 Å². The van der Waals surface area contributed by atoms with Gasteiger partial charge >= 0.3 is 0 Å². The number of rotatable bonds is 2. The molecule has 1 aromatic carbocycles. The monoisotopic (exact) mass is 178 g/mol. The predicted octanol–water partition coefficient (Wildman–Crippen LogP) is 2.10.